The fraction of sp³-hybridized carbons (Fsp3) is 0.308. The van der Waals surface area contributed by atoms with Crippen LogP contribution < -0.4 is 4.72 Å². The SMILES string of the molecule is Cc1n[nH]c(C)c1S(=O)(=O)NCCc1ccccc1F. The number of nitrogens with zero attached hydrogens (tertiary/aromatic N) is 1. The zero-order valence-corrected chi connectivity index (χ0v) is 12.1. The van der Waals surface area contributed by atoms with Crippen molar-refractivity contribution in [2.24, 2.45) is 0 Å². The van der Waals surface area contributed by atoms with Gasteiger partial charge in [-0.15, -0.1) is 0 Å². The van der Waals surface area contributed by atoms with E-state index >= 15 is 0 Å². The Balaban J connectivity index is 2.06. The molecule has 2 rings (SSSR count). The third-order valence-corrected chi connectivity index (χ3v) is 4.70. The molecule has 0 saturated carbocycles. The molecule has 0 saturated heterocycles. The Bertz CT molecular complexity index is 691. The summed E-state index contributed by atoms with van der Waals surface area (Å²) < 4.78 is 40.2. The zero-order chi connectivity index (χ0) is 14.8. The van der Waals surface area contributed by atoms with E-state index < -0.39 is 10.0 Å². The summed E-state index contributed by atoms with van der Waals surface area (Å²) in [6.07, 6.45) is 0.294. The molecule has 7 heteroatoms. The Hall–Kier alpha value is -1.73. The first-order valence-corrected chi connectivity index (χ1v) is 7.65. The van der Waals surface area contributed by atoms with Gasteiger partial charge in [-0.2, -0.15) is 5.10 Å². The van der Waals surface area contributed by atoms with Gasteiger partial charge in [0.05, 0.1) is 11.4 Å². The van der Waals surface area contributed by atoms with Crippen LogP contribution >= 0.6 is 0 Å². The van der Waals surface area contributed by atoms with Crippen molar-refractivity contribution in [3.8, 4) is 0 Å². The quantitative estimate of drug-likeness (QED) is 0.882. The number of halogens is 1. The topological polar surface area (TPSA) is 74.8 Å². The molecule has 2 N–H and O–H groups in total. The van der Waals surface area contributed by atoms with E-state index in [1.54, 1.807) is 32.0 Å². The van der Waals surface area contributed by atoms with Crippen molar-refractivity contribution in [2.75, 3.05) is 6.54 Å². The number of sulfonamides is 1. The number of H-pyrrole nitrogens is 1. The molecule has 20 heavy (non-hydrogen) atoms. The van der Waals surface area contributed by atoms with Crippen LogP contribution in [-0.2, 0) is 16.4 Å². The Morgan fingerprint density at radius 2 is 2.00 bits per heavy atom. The second kappa shape index (κ2) is 5.72. The molecule has 5 nitrogen and oxygen atoms in total. The molecule has 0 aliphatic heterocycles. The van der Waals surface area contributed by atoms with E-state index in [9.17, 15) is 12.8 Å². The van der Waals surface area contributed by atoms with Gasteiger partial charge in [0, 0.05) is 6.54 Å². The number of nitrogens with one attached hydrogen (secondary N) is 2. The summed E-state index contributed by atoms with van der Waals surface area (Å²) in [6, 6.07) is 6.31. The lowest BCUT2D eigenvalue weighted by atomic mass is 10.1. The van der Waals surface area contributed by atoms with Crippen molar-refractivity contribution >= 4 is 10.0 Å². The molecule has 1 aromatic heterocycles. The van der Waals surface area contributed by atoms with Crippen molar-refractivity contribution in [1.82, 2.24) is 14.9 Å². The highest BCUT2D eigenvalue weighted by atomic mass is 32.2. The molecule has 0 aliphatic rings. The smallest absolute Gasteiger partial charge is 0.244 e. The Kier molecular flexibility index (Phi) is 4.20. The molecule has 0 atom stereocenters. The van der Waals surface area contributed by atoms with Crippen molar-refractivity contribution in [3.63, 3.8) is 0 Å². The molecule has 1 heterocycles. The fourth-order valence-electron chi connectivity index (χ4n) is 2.03. The minimum atomic E-state index is -3.63. The van der Waals surface area contributed by atoms with Gasteiger partial charge >= 0.3 is 0 Å². The molecule has 0 bridgehead atoms. The van der Waals surface area contributed by atoms with E-state index in [0.29, 0.717) is 23.4 Å². The summed E-state index contributed by atoms with van der Waals surface area (Å²) in [5, 5.41) is 6.49. The van der Waals surface area contributed by atoms with E-state index in [1.165, 1.54) is 6.07 Å². The van der Waals surface area contributed by atoms with Crippen LogP contribution in [0.1, 0.15) is 17.0 Å². The highest BCUT2D eigenvalue weighted by Gasteiger charge is 2.21. The Morgan fingerprint density at radius 1 is 1.30 bits per heavy atom. The average molecular weight is 297 g/mol. The van der Waals surface area contributed by atoms with E-state index in [-0.39, 0.29) is 17.3 Å². The predicted octanol–water partition coefficient (Wildman–Crippen LogP) is 1.69. The van der Waals surface area contributed by atoms with Gasteiger partial charge < -0.3 is 0 Å². The maximum absolute atomic E-state index is 13.4. The summed E-state index contributed by atoms with van der Waals surface area (Å²) >= 11 is 0. The standard InChI is InChI=1S/C13H16FN3O2S/c1-9-13(10(2)17-16-9)20(18,19)15-8-7-11-5-3-4-6-12(11)14/h3-6,15H,7-8H2,1-2H3,(H,16,17). The highest BCUT2D eigenvalue weighted by molar-refractivity contribution is 7.89. The van der Waals surface area contributed by atoms with Gasteiger partial charge in [0.2, 0.25) is 10.0 Å². The van der Waals surface area contributed by atoms with Gasteiger partial charge in [-0.1, -0.05) is 18.2 Å². The summed E-state index contributed by atoms with van der Waals surface area (Å²) in [4.78, 5) is 0.158. The summed E-state index contributed by atoms with van der Waals surface area (Å²) in [7, 11) is -3.63. The minimum absolute atomic E-state index is 0.132. The van der Waals surface area contributed by atoms with Gasteiger partial charge in [0.1, 0.15) is 10.7 Å². The van der Waals surface area contributed by atoms with Gasteiger partial charge in [-0.25, -0.2) is 17.5 Å². The minimum Gasteiger partial charge on any atom is -0.281 e. The van der Waals surface area contributed by atoms with Crippen LogP contribution in [0.15, 0.2) is 29.2 Å². The van der Waals surface area contributed by atoms with Crippen molar-refractivity contribution in [2.45, 2.75) is 25.2 Å². The van der Waals surface area contributed by atoms with Gasteiger partial charge in [-0.05, 0) is 31.9 Å². The first-order chi connectivity index (χ1) is 9.42. The highest BCUT2D eigenvalue weighted by Crippen LogP contribution is 2.16. The molecule has 108 valence electrons. The van der Waals surface area contributed by atoms with Crippen LogP contribution in [0.3, 0.4) is 0 Å². The first kappa shape index (κ1) is 14.7. The monoisotopic (exact) mass is 297 g/mol. The van der Waals surface area contributed by atoms with Crippen LogP contribution in [0, 0.1) is 19.7 Å². The third-order valence-electron chi connectivity index (χ3n) is 2.97. The van der Waals surface area contributed by atoms with E-state index in [1.807, 2.05) is 0 Å². The number of aromatic nitrogens is 2. The van der Waals surface area contributed by atoms with E-state index in [2.05, 4.69) is 14.9 Å². The Labute approximate surface area is 117 Å². The molecular formula is C13H16FN3O2S. The van der Waals surface area contributed by atoms with Gasteiger partial charge in [0.25, 0.3) is 0 Å². The molecule has 0 spiro atoms. The van der Waals surface area contributed by atoms with Gasteiger partial charge in [-0.3, -0.25) is 5.10 Å². The molecule has 0 amide bonds. The number of aromatic amines is 1. The van der Waals surface area contributed by atoms with Crippen LogP contribution in [0.25, 0.3) is 0 Å². The molecule has 0 aliphatic carbocycles. The molecule has 0 fully saturated rings. The maximum Gasteiger partial charge on any atom is 0.244 e. The lowest BCUT2D eigenvalue weighted by Gasteiger charge is -2.07. The normalized spacial score (nSPS) is 11.8. The number of benzene rings is 1. The lowest BCUT2D eigenvalue weighted by Crippen LogP contribution is -2.27. The average Bonchev–Trinajstić information content (AvgIpc) is 2.72. The van der Waals surface area contributed by atoms with Crippen molar-refractivity contribution in [3.05, 3.63) is 47.0 Å². The van der Waals surface area contributed by atoms with Crippen LogP contribution in [0.5, 0.6) is 0 Å². The van der Waals surface area contributed by atoms with Gasteiger partial charge in [0.15, 0.2) is 0 Å². The van der Waals surface area contributed by atoms with Crippen LogP contribution in [-0.4, -0.2) is 25.2 Å². The molecule has 2 aromatic rings. The third kappa shape index (κ3) is 3.05. The summed E-state index contributed by atoms with van der Waals surface area (Å²) in [6.45, 7) is 3.40. The molecule has 0 unspecified atom stereocenters. The molecular weight excluding hydrogens is 281 g/mol. The summed E-state index contributed by atoms with van der Waals surface area (Å²) in [5.41, 5.74) is 1.39. The molecule has 1 aromatic carbocycles. The van der Waals surface area contributed by atoms with Crippen molar-refractivity contribution in [1.29, 1.82) is 0 Å². The van der Waals surface area contributed by atoms with E-state index in [4.69, 9.17) is 0 Å². The largest absolute Gasteiger partial charge is 0.281 e. The van der Waals surface area contributed by atoms with Crippen LogP contribution in [0.4, 0.5) is 4.39 Å². The number of rotatable bonds is 5. The van der Waals surface area contributed by atoms with Crippen molar-refractivity contribution < 1.29 is 12.8 Å². The number of hydrogen-bond acceptors (Lipinski definition) is 3. The summed E-state index contributed by atoms with van der Waals surface area (Å²) in [5.74, 6) is -0.331. The Morgan fingerprint density at radius 3 is 2.60 bits per heavy atom. The number of hydrogen-bond donors (Lipinski definition) is 2. The lowest BCUT2D eigenvalue weighted by molar-refractivity contribution is 0.576. The maximum atomic E-state index is 13.4. The second-order valence-corrected chi connectivity index (χ2v) is 6.21. The molecule has 0 radical (unpaired) electrons. The fourth-order valence-corrected chi connectivity index (χ4v) is 3.43. The first-order valence-electron chi connectivity index (χ1n) is 6.16. The second-order valence-electron chi connectivity index (χ2n) is 4.50. The zero-order valence-electron chi connectivity index (χ0n) is 11.3. The number of aryl methyl sites for hydroxylation is 2. The van der Waals surface area contributed by atoms with Crippen LogP contribution in [0.2, 0.25) is 0 Å². The predicted molar refractivity (Wildman–Crippen MR) is 73.4 cm³/mol. The van der Waals surface area contributed by atoms with E-state index in [0.717, 1.165) is 0 Å².